The maximum absolute atomic E-state index is 11.7. The Morgan fingerprint density at radius 2 is 1.63 bits per heavy atom. The van der Waals surface area contributed by atoms with Gasteiger partial charge in [0.2, 0.25) is 0 Å². The van der Waals surface area contributed by atoms with Crippen LogP contribution in [0.2, 0.25) is 0 Å². The molecule has 1 fully saturated rings. The fourth-order valence-corrected chi connectivity index (χ4v) is 3.37. The first-order chi connectivity index (χ1) is 9.00. The van der Waals surface area contributed by atoms with E-state index >= 15 is 0 Å². The largest absolute Gasteiger partial charge is 0.481 e. The molecule has 1 unspecified atom stereocenters. The van der Waals surface area contributed by atoms with Gasteiger partial charge in [0.1, 0.15) is 0 Å². The minimum Gasteiger partial charge on any atom is -0.481 e. The zero-order chi connectivity index (χ0) is 14.0. The molecular formula is C17H24O2. The summed E-state index contributed by atoms with van der Waals surface area (Å²) in [5.41, 5.74) is 4.60. The Bertz CT molecular complexity index is 470. The first kappa shape index (κ1) is 14.1. The van der Waals surface area contributed by atoms with Gasteiger partial charge in [0, 0.05) is 0 Å². The minimum absolute atomic E-state index is 0.312. The van der Waals surface area contributed by atoms with Gasteiger partial charge in [-0.25, -0.2) is 0 Å². The average molecular weight is 260 g/mol. The van der Waals surface area contributed by atoms with Gasteiger partial charge in [-0.05, 0) is 61.8 Å². The van der Waals surface area contributed by atoms with Crippen LogP contribution in [0.25, 0.3) is 0 Å². The van der Waals surface area contributed by atoms with Gasteiger partial charge in [0.25, 0.3) is 0 Å². The van der Waals surface area contributed by atoms with E-state index in [4.69, 9.17) is 0 Å². The lowest BCUT2D eigenvalue weighted by Crippen LogP contribution is -2.24. The molecule has 1 aromatic rings. The molecule has 19 heavy (non-hydrogen) atoms. The third-order valence-electron chi connectivity index (χ3n) is 4.60. The zero-order valence-electron chi connectivity index (χ0n) is 12.2. The lowest BCUT2D eigenvalue weighted by atomic mass is 9.75. The molecule has 2 nitrogen and oxygen atoms in total. The van der Waals surface area contributed by atoms with E-state index in [1.807, 2.05) is 6.92 Å². The SMILES string of the molecule is Cc1cc(C)c(C(C(=O)O)C2CCCCC2)cc1C. The average Bonchev–Trinajstić information content (AvgIpc) is 2.37. The Kier molecular flexibility index (Phi) is 4.28. The number of hydrogen-bond acceptors (Lipinski definition) is 1. The van der Waals surface area contributed by atoms with Crippen LogP contribution in [0, 0.1) is 26.7 Å². The summed E-state index contributed by atoms with van der Waals surface area (Å²) in [4.78, 5) is 11.7. The van der Waals surface area contributed by atoms with Crippen molar-refractivity contribution in [3.8, 4) is 0 Å². The number of carboxylic acid groups (broad SMARTS) is 1. The molecule has 0 radical (unpaired) electrons. The molecule has 0 bridgehead atoms. The van der Waals surface area contributed by atoms with Crippen LogP contribution in [0.5, 0.6) is 0 Å². The van der Waals surface area contributed by atoms with E-state index in [0.717, 1.165) is 24.0 Å². The molecule has 1 aliphatic rings. The van der Waals surface area contributed by atoms with Gasteiger partial charge in [-0.2, -0.15) is 0 Å². The fourth-order valence-electron chi connectivity index (χ4n) is 3.37. The first-order valence-electron chi connectivity index (χ1n) is 7.31. The third kappa shape index (κ3) is 2.99. The Morgan fingerprint density at radius 3 is 2.21 bits per heavy atom. The standard InChI is InChI=1S/C17H24O2/c1-11-9-13(3)15(10-12(11)2)16(17(18)19)14-7-5-4-6-8-14/h9-10,14,16H,4-8H2,1-3H3,(H,18,19). The summed E-state index contributed by atoms with van der Waals surface area (Å²) in [5, 5.41) is 9.66. The van der Waals surface area contributed by atoms with Gasteiger partial charge in [0.15, 0.2) is 0 Å². The van der Waals surface area contributed by atoms with E-state index in [9.17, 15) is 9.90 Å². The summed E-state index contributed by atoms with van der Waals surface area (Å²) in [7, 11) is 0. The van der Waals surface area contributed by atoms with Crippen molar-refractivity contribution < 1.29 is 9.90 Å². The fraction of sp³-hybridized carbons (Fsp3) is 0.588. The van der Waals surface area contributed by atoms with Gasteiger partial charge in [-0.15, -0.1) is 0 Å². The summed E-state index contributed by atoms with van der Waals surface area (Å²) in [6, 6.07) is 4.22. The second-order valence-electron chi connectivity index (χ2n) is 6.01. The number of benzene rings is 1. The molecule has 1 N–H and O–H groups in total. The van der Waals surface area contributed by atoms with Crippen LogP contribution < -0.4 is 0 Å². The highest BCUT2D eigenvalue weighted by molar-refractivity contribution is 5.77. The van der Waals surface area contributed by atoms with Crippen molar-refractivity contribution in [1.29, 1.82) is 0 Å². The monoisotopic (exact) mass is 260 g/mol. The predicted octanol–water partition coefficient (Wildman–Crippen LogP) is 4.36. The summed E-state index contributed by atoms with van der Waals surface area (Å²) >= 11 is 0. The van der Waals surface area contributed by atoms with Crippen LogP contribution in [0.15, 0.2) is 12.1 Å². The summed E-state index contributed by atoms with van der Waals surface area (Å²) in [5.74, 6) is -0.662. The first-order valence-corrected chi connectivity index (χ1v) is 7.31. The maximum atomic E-state index is 11.7. The molecule has 0 aromatic heterocycles. The maximum Gasteiger partial charge on any atom is 0.311 e. The van der Waals surface area contributed by atoms with Crippen LogP contribution in [-0.2, 0) is 4.79 Å². The molecule has 2 rings (SSSR count). The molecule has 1 atom stereocenters. The number of aryl methyl sites for hydroxylation is 3. The highest BCUT2D eigenvalue weighted by Crippen LogP contribution is 2.38. The van der Waals surface area contributed by atoms with Crippen LogP contribution in [-0.4, -0.2) is 11.1 Å². The zero-order valence-corrected chi connectivity index (χ0v) is 12.2. The third-order valence-corrected chi connectivity index (χ3v) is 4.60. The van der Waals surface area contributed by atoms with Crippen molar-refractivity contribution in [1.82, 2.24) is 0 Å². The smallest absolute Gasteiger partial charge is 0.311 e. The molecule has 1 aromatic carbocycles. The van der Waals surface area contributed by atoms with Crippen LogP contribution in [0.3, 0.4) is 0 Å². The van der Waals surface area contributed by atoms with Crippen molar-refractivity contribution in [3.63, 3.8) is 0 Å². The number of hydrogen-bond donors (Lipinski definition) is 1. The topological polar surface area (TPSA) is 37.3 Å². The predicted molar refractivity (Wildman–Crippen MR) is 77.6 cm³/mol. The lowest BCUT2D eigenvalue weighted by molar-refractivity contribution is -0.140. The molecule has 1 saturated carbocycles. The molecule has 0 spiro atoms. The minimum atomic E-state index is -0.654. The van der Waals surface area contributed by atoms with E-state index in [-0.39, 0.29) is 5.92 Å². The van der Waals surface area contributed by atoms with Crippen molar-refractivity contribution in [3.05, 3.63) is 34.4 Å². The molecular weight excluding hydrogens is 236 g/mol. The Labute approximate surface area is 115 Å². The van der Waals surface area contributed by atoms with Crippen molar-refractivity contribution in [2.24, 2.45) is 5.92 Å². The van der Waals surface area contributed by atoms with Gasteiger partial charge < -0.3 is 5.11 Å². The molecule has 0 aliphatic heterocycles. The van der Waals surface area contributed by atoms with E-state index in [1.165, 1.54) is 30.4 Å². The summed E-state index contributed by atoms with van der Waals surface area (Å²) < 4.78 is 0. The number of rotatable bonds is 3. The van der Waals surface area contributed by atoms with Gasteiger partial charge in [-0.3, -0.25) is 4.79 Å². The second-order valence-corrected chi connectivity index (χ2v) is 6.01. The normalized spacial score (nSPS) is 18.3. The number of aliphatic carboxylic acids is 1. The molecule has 0 saturated heterocycles. The lowest BCUT2D eigenvalue weighted by Gasteiger charge is -2.29. The molecule has 0 amide bonds. The van der Waals surface area contributed by atoms with E-state index in [1.54, 1.807) is 0 Å². The second kappa shape index (κ2) is 5.77. The Morgan fingerprint density at radius 1 is 1.05 bits per heavy atom. The van der Waals surface area contributed by atoms with Crippen molar-refractivity contribution in [2.45, 2.75) is 58.8 Å². The van der Waals surface area contributed by atoms with Gasteiger partial charge >= 0.3 is 5.97 Å². The van der Waals surface area contributed by atoms with E-state index < -0.39 is 5.97 Å². The highest BCUT2D eigenvalue weighted by atomic mass is 16.4. The summed E-state index contributed by atoms with van der Waals surface area (Å²) in [6.45, 7) is 6.20. The van der Waals surface area contributed by atoms with Crippen molar-refractivity contribution >= 4 is 5.97 Å². The number of carboxylic acids is 1. The quantitative estimate of drug-likeness (QED) is 0.876. The number of carbonyl (C=O) groups is 1. The van der Waals surface area contributed by atoms with Gasteiger partial charge in [-0.1, -0.05) is 31.4 Å². The molecule has 104 valence electrons. The van der Waals surface area contributed by atoms with Crippen LogP contribution in [0.1, 0.15) is 60.3 Å². The molecule has 2 heteroatoms. The van der Waals surface area contributed by atoms with Crippen LogP contribution >= 0.6 is 0 Å². The molecule has 1 aliphatic carbocycles. The van der Waals surface area contributed by atoms with E-state index in [2.05, 4.69) is 26.0 Å². The summed E-state index contributed by atoms with van der Waals surface area (Å²) in [6.07, 6.45) is 5.73. The van der Waals surface area contributed by atoms with Gasteiger partial charge in [0.05, 0.1) is 5.92 Å². The molecule has 0 heterocycles. The Balaban J connectivity index is 2.38. The highest BCUT2D eigenvalue weighted by Gasteiger charge is 2.31. The van der Waals surface area contributed by atoms with E-state index in [0.29, 0.717) is 5.92 Å². The Hall–Kier alpha value is -1.31. The van der Waals surface area contributed by atoms with Crippen molar-refractivity contribution in [2.75, 3.05) is 0 Å². The van der Waals surface area contributed by atoms with Crippen LogP contribution in [0.4, 0.5) is 0 Å².